The van der Waals surface area contributed by atoms with Crippen LogP contribution in [0.2, 0.25) is 0 Å². The van der Waals surface area contributed by atoms with Gasteiger partial charge in [-0.3, -0.25) is 4.90 Å². The summed E-state index contributed by atoms with van der Waals surface area (Å²) in [5.41, 5.74) is 1.16. The van der Waals surface area contributed by atoms with E-state index in [-0.39, 0.29) is 0 Å². The fraction of sp³-hybridized carbons (Fsp3) is 0.571. The molecule has 1 aliphatic rings. The van der Waals surface area contributed by atoms with Gasteiger partial charge in [0.1, 0.15) is 11.5 Å². The third-order valence-corrected chi connectivity index (χ3v) is 4.19. The summed E-state index contributed by atoms with van der Waals surface area (Å²) in [5.74, 6) is 1.75. The van der Waals surface area contributed by atoms with E-state index >= 15 is 0 Å². The molecule has 0 aromatic heterocycles. The monoisotopic (exact) mass is 328 g/mol. The zero-order valence-electron chi connectivity index (χ0n) is 11.7. The minimum atomic E-state index is 0.535. The first kappa shape index (κ1) is 14.6. The molecule has 0 bridgehead atoms. The van der Waals surface area contributed by atoms with E-state index in [0.717, 1.165) is 47.7 Å². The van der Waals surface area contributed by atoms with E-state index in [2.05, 4.69) is 39.1 Å². The average Bonchev–Trinajstić information content (AvgIpc) is 2.42. The molecule has 0 amide bonds. The lowest BCUT2D eigenvalue weighted by atomic mass is 10.1. The van der Waals surface area contributed by atoms with Crippen molar-refractivity contribution in [3.63, 3.8) is 0 Å². The molecule has 5 heteroatoms. The van der Waals surface area contributed by atoms with Crippen LogP contribution in [-0.2, 0) is 6.54 Å². The average molecular weight is 329 g/mol. The predicted octanol–water partition coefficient (Wildman–Crippen LogP) is 2.26. The highest BCUT2D eigenvalue weighted by Crippen LogP contribution is 2.33. The van der Waals surface area contributed by atoms with Gasteiger partial charge in [0.25, 0.3) is 0 Å². The number of hydrogen-bond donors (Lipinski definition) is 1. The lowest BCUT2D eigenvalue weighted by Crippen LogP contribution is -2.49. The maximum Gasteiger partial charge on any atom is 0.133 e. The SMILES string of the molecule is COc1cc(CN2CCNC[C@@H]2C)c(OC)cc1Br. The van der Waals surface area contributed by atoms with Crippen LogP contribution in [0.4, 0.5) is 0 Å². The van der Waals surface area contributed by atoms with Crippen LogP contribution in [0.3, 0.4) is 0 Å². The Morgan fingerprint density at radius 1 is 1.32 bits per heavy atom. The van der Waals surface area contributed by atoms with Crippen molar-refractivity contribution in [2.45, 2.75) is 19.5 Å². The molecule has 2 rings (SSSR count). The van der Waals surface area contributed by atoms with Crippen LogP contribution in [0.25, 0.3) is 0 Å². The summed E-state index contributed by atoms with van der Waals surface area (Å²) in [7, 11) is 3.39. The first-order valence-electron chi connectivity index (χ1n) is 6.51. The molecule has 4 nitrogen and oxygen atoms in total. The smallest absolute Gasteiger partial charge is 0.133 e. The fourth-order valence-electron chi connectivity index (χ4n) is 2.38. The quantitative estimate of drug-likeness (QED) is 0.919. The molecule has 0 aliphatic carbocycles. The molecule has 1 atom stereocenters. The summed E-state index contributed by atoms with van der Waals surface area (Å²) < 4.78 is 11.8. The zero-order valence-corrected chi connectivity index (χ0v) is 13.3. The summed E-state index contributed by atoms with van der Waals surface area (Å²) >= 11 is 3.49. The summed E-state index contributed by atoms with van der Waals surface area (Å²) in [6.07, 6.45) is 0. The number of nitrogens with zero attached hydrogens (tertiary/aromatic N) is 1. The number of rotatable bonds is 4. The molecule has 0 spiro atoms. The minimum Gasteiger partial charge on any atom is -0.496 e. The van der Waals surface area contributed by atoms with Crippen molar-refractivity contribution in [1.82, 2.24) is 10.2 Å². The topological polar surface area (TPSA) is 33.7 Å². The van der Waals surface area contributed by atoms with Crippen LogP contribution in [0.15, 0.2) is 16.6 Å². The van der Waals surface area contributed by atoms with Gasteiger partial charge in [-0.2, -0.15) is 0 Å². The van der Waals surface area contributed by atoms with Crippen LogP contribution in [-0.4, -0.2) is 44.8 Å². The maximum absolute atomic E-state index is 5.47. The van der Waals surface area contributed by atoms with Crippen molar-refractivity contribution in [1.29, 1.82) is 0 Å². The molecule has 1 aliphatic heterocycles. The molecule has 1 N–H and O–H groups in total. The second-order valence-electron chi connectivity index (χ2n) is 4.82. The van der Waals surface area contributed by atoms with Crippen molar-refractivity contribution in [3.8, 4) is 11.5 Å². The highest BCUT2D eigenvalue weighted by molar-refractivity contribution is 9.10. The van der Waals surface area contributed by atoms with Gasteiger partial charge < -0.3 is 14.8 Å². The molecule has 1 heterocycles. The van der Waals surface area contributed by atoms with E-state index in [4.69, 9.17) is 9.47 Å². The van der Waals surface area contributed by atoms with E-state index in [1.165, 1.54) is 0 Å². The number of piperazine rings is 1. The van der Waals surface area contributed by atoms with Gasteiger partial charge in [-0.25, -0.2) is 0 Å². The Morgan fingerprint density at radius 3 is 2.68 bits per heavy atom. The van der Waals surface area contributed by atoms with Gasteiger partial charge in [0, 0.05) is 37.8 Å². The summed E-state index contributed by atoms with van der Waals surface area (Å²) in [5, 5.41) is 3.41. The van der Waals surface area contributed by atoms with Crippen LogP contribution >= 0.6 is 15.9 Å². The number of hydrogen-bond acceptors (Lipinski definition) is 4. The molecule has 0 unspecified atom stereocenters. The van der Waals surface area contributed by atoms with E-state index in [1.807, 2.05) is 6.07 Å². The highest BCUT2D eigenvalue weighted by atomic mass is 79.9. The van der Waals surface area contributed by atoms with Crippen molar-refractivity contribution in [2.24, 2.45) is 0 Å². The van der Waals surface area contributed by atoms with Gasteiger partial charge in [-0.1, -0.05) is 0 Å². The maximum atomic E-state index is 5.47. The summed E-state index contributed by atoms with van der Waals surface area (Å²) in [4.78, 5) is 2.46. The second kappa shape index (κ2) is 6.59. The Labute approximate surface area is 123 Å². The fourth-order valence-corrected chi connectivity index (χ4v) is 2.87. The number of methoxy groups -OCH3 is 2. The molecule has 1 aromatic carbocycles. The standard InChI is InChI=1S/C14H21BrN2O2/c1-10-8-16-4-5-17(10)9-11-6-14(19-3)12(15)7-13(11)18-2/h6-7,10,16H,4-5,8-9H2,1-3H3/t10-/m0/s1. The van der Waals surface area contributed by atoms with Gasteiger partial charge in [0.2, 0.25) is 0 Å². The normalized spacial score (nSPS) is 20.3. The molecular formula is C14H21BrN2O2. The van der Waals surface area contributed by atoms with Crippen LogP contribution in [0.1, 0.15) is 12.5 Å². The van der Waals surface area contributed by atoms with Gasteiger partial charge in [0.05, 0.1) is 18.7 Å². The Kier molecular flexibility index (Phi) is 5.07. The Bertz CT molecular complexity index is 440. The van der Waals surface area contributed by atoms with Gasteiger partial charge in [0.15, 0.2) is 0 Å². The molecule has 1 aromatic rings. The zero-order chi connectivity index (χ0) is 13.8. The van der Waals surface area contributed by atoms with E-state index in [1.54, 1.807) is 14.2 Å². The van der Waals surface area contributed by atoms with E-state index in [9.17, 15) is 0 Å². The number of nitrogens with one attached hydrogen (secondary N) is 1. The van der Waals surface area contributed by atoms with Gasteiger partial charge in [-0.05, 0) is 35.0 Å². The predicted molar refractivity (Wildman–Crippen MR) is 80.0 cm³/mol. The van der Waals surface area contributed by atoms with Crippen molar-refractivity contribution in [2.75, 3.05) is 33.9 Å². The molecule has 0 saturated carbocycles. The van der Waals surface area contributed by atoms with Crippen molar-refractivity contribution >= 4 is 15.9 Å². The highest BCUT2D eigenvalue weighted by Gasteiger charge is 2.20. The molecule has 1 fully saturated rings. The van der Waals surface area contributed by atoms with E-state index in [0.29, 0.717) is 6.04 Å². The molecule has 1 saturated heterocycles. The second-order valence-corrected chi connectivity index (χ2v) is 5.68. The van der Waals surface area contributed by atoms with Crippen LogP contribution in [0, 0.1) is 0 Å². The largest absolute Gasteiger partial charge is 0.496 e. The van der Waals surface area contributed by atoms with Gasteiger partial charge >= 0.3 is 0 Å². The Balaban J connectivity index is 2.22. The first-order valence-corrected chi connectivity index (χ1v) is 7.30. The van der Waals surface area contributed by atoms with Crippen molar-refractivity contribution < 1.29 is 9.47 Å². The summed E-state index contributed by atoms with van der Waals surface area (Å²) in [6, 6.07) is 4.56. The van der Waals surface area contributed by atoms with Crippen LogP contribution in [0.5, 0.6) is 11.5 Å². The molecule has 19 heavy (non-hydrogen) atoms. The Morgan fingerprint density at radius 2 is 2.05 bits per heavy atom. The number of halogens is 1. The number of benzene rings is 1. The molecule has 106 valence electrons. The molecular weight excluding hydrogens is 308 g/mol. The van der Waals surface area contributed by atoms with Crippen LogP contribution < -0.4 is 14.8 Å². The Hall–Kier alpha value is -0.780. The van der Waals surface area contributed by atoms with E-state index < -0.39 is 0 Å². The first-order chi connectivity index (χ1) is 9.15. The third kappa shape index (κ3) is 3.41. The third-order valence-electron chi connectivity index (χ3n) is 3.57. The lowest BCUT2D eigenvalue weighted by molar-refractivity contribution is 0.164. The lowest BCUT2D eigenvalue weighted by Gasteiger charge is -2.34. The molecule has 0 radical (unpaired) electrons. The number of ether oxygens (including phenoxy) is 2. The minimum absolute atomic E-state index is 0.535. The van der Waals surface area contributed by atoms with Crippen molar-refractivity contribution in [3.05, 3.63) is 22.2 Å². The summed E-state index contributed by atoms with van der Waals surface area (Å²) in [6.45, 7) is 6.27. The van der Waals surface area contributed by atoms with Gasteiger partial charge in [-0.15, -0.1) is 0 Å².